The van der Waals surface area contributed by atoms with Gasteiger partial charge in [0.15, 0.2) is 0 Å². The third-order valence-corrected chi connectivity index (χ3v) is 3.40. The van der Waals surface area contributed by atoms with E-state index in [1.165, 1.54) is 38.9 Å². The van der Waals surface area contributed by atoms with E-state index in [0.29, 0.717) is 0 Å². The zero-order valence-electron chi connectivity index (χ0n) is 9.34. The van der Waals surface area contributed by atoms with Crippen LogP contribution in [0.2, 0.25) is 0 Å². The van der Waals surface area contributed by atoms with Gasteiger partial charge in [-0.2, -0.15) is 0 Å². The third-order valence-electron chi connectivity index (χ3n) is 3.40. The van der Waals surface area contributed by atoms with E-state index >= 15 is 0 Å². The summed E-state index contributed by atoms with van der Waals surface area (Å²) in [7, 11) is 2.25. The molecule has 0 bridgehead atoms. The molecule has 0 radical (unpaired) electrons. The second-order valence-electron chi connectivity index (χ2n) is 4.39. The molecule has 0 saturated carbocycles. The summed E-state index contributed by atoms with van der Waals surface area (Å²) in [5.74, 6) is 0.937. The zero-order valence-corrected chi connectivity index (χ0v) is 9.34. The van der Waals surface area contributed by atoms with Crippen LogP contribution in [0.5, 0.6) is 0 Å². The quantitative estimate of drug-likeness (QED) is 0.700. The van der Waals surface area contributed by atoms with Gasteiger partial charge in [0.05, 0.1) is 0 Å². The molecule has 2 unspecified atom stereocenters. The number of nitrogens with zero attached hydrogens (tertiary/aromatic N) is 1. The van der Waals surface area contributed by atoms with Crippen LogP contribution in [0.25, 0.3) is 0 Å². The summed E-state index contributed by atoms with van der Waals surface area (Å²) in [5, 5.41) is 3.42. The van der Waals surface area contributed by atoms with Crippen LogP contribution in [0.1, 0.15) is 33.1 Å². The van der Waals surface area contributed by atoms with Crippen molar-refractivity contribution in [3.05, 3.63) is 0 Å². The standard InChI is InChI=1S/C11H24N2/c1-4-10(2)13(3)8-6-11-5-7-12-9-11/h10-12H,4-9H2,1-3H3. The van der Waals surface area contributed by atoms with Gasteiger partial charge >= 0.3 is 0 Å². The average Bonchev–Trinajstić information content (AvgIpc) is 2.65. The molecule has 1 heterocycles. The van der Waals surface area contributed by atoms with Crippen molar-refractivity contribution in [3.63, 3.8) is 0 Å². The first kappa shape index (κ1) is 11.0. The van der Waals surface area contributed by atoms with Gasteiger partial charge in [0.25, 0.3) is 0 Å². The van der Waals surface area contributed by atoms with Crippen LogP contribution in [-0.2, 0) is 0 Å². The second-order valence-corrected chi connectivity index (χ2v) is 4.39. The average molecular weight is 184 g/mol. The highest BCUT2D eigenvalue weighted by atomic mass is 15.1. The van der Waals surface area contributed by atoms with E-state index in [9.17, 15) is 0 Å². The number of hydrogen-bond donors (Lipinski definition) is 1. The van der Waals surface area contributed by atoms with E-state index in [1.807, 2.05) is 0 Å². The van der Waals surface area contributed by atoms with Gasteiger partial charge in [-0.25, -0.2) is 0 Å². The molecule has 78 valence electrons. The summed E-state index contributed by atoms with van der Waals surface area (Å²) in [6, 6.07) is 0.745. The Bertz CT molecular complexity index is 130. The maximum absolute atomic E-state index is 3.42. The Balaban J connectivity index is 2.10. The predicted octanol–water partition coefficient (Wildman–Crippen LogP) is 1.72. The molecule has 13 heavy (non-hydrogen) atoms. The first-order valence-corrected chi connectivity index (χ1v) is 5.65. The van der Waals surface area contributed by atoms with Gasteiger partial charge in [-0.05, 0) is 58.8 Å². The van der Waals surface area contributed by atoms with Gasteiger partial charge in [-0.1, -0.05) is 6.92 Å². The van der Waals surface area contributed by atoms with Crippen molar-refractivity contribution >= 4 is 0 Å². The highest BCUT2D eigenvalue weighted by molar-refractivity contribution is 4.73. The Morgan fingerprint density at radius 3 is 2.85 bits per heavy atom. The third kappa shape index (κ3) is 3.65. The van der Waals surface area contributed by atoms with Gasteiger partial charge in [-0.15, -0.1) is 0 Å². The largest absolute Gasteiger partial charge is 0.316 e. The molecule has 1 fully saturated rings. The molecule has 1 saturated heterocycles. The van der Waals surface area contributed by atoms with E-state index in [1.54, 1.807) is 0 Å². The van der Waals surface area contributed by atoms with Crippen LogP contribution in [0.3, 0.4) is 0 Å². The van der Waals surface area contributed by atoms with Crippen molar-refractivity contribution in [2.75, 3.05) is 26.7 Å². The Hall–Kier alpha value is -0.0800. The fraction of sp³-hybridized carbons (Fsp3) is 1.00. The molecule has 1 aliphatic heterocycles. The van der Waals surface area contributed by atoms with E-state index in [2.05, 4.69) is 31.1 Å². The van der Waals surface area contributed by atoms with Crippen LogP contribution in [0.4, 0.5) is 0 Å². The predicted molar refractivity (Wildman–Crippen MR) is 58.0 cm³/mol. The van der Waals surface area contributed by atoms with Crippen molar-refractivity contribution in [1.82, 2.24) is 10.2 Å². The molecular weight excluding hydrogens is 160 g/mol. The van der Waals surface area contributed by atoms with Gasteiger partial charge in [0.2, 0.25) is 0 Å². The minimum atomic E-state index is 0.745. The SMILES string of the molecule is CCC(C)N(C)CCC1CCNC1. The topological polar surface area (TPSA) is 15.3 Å². The maximum atomic E-state index is 3.42. The van der Waals surface area contributed by atoms with Gasteiger partial charge in [0, 0.05) is 6.04 Å². The van der Waals surface area contributed by atoms with E-state index in [0.717, 1.165) is 12.0 Å². The first-order valence-electron chi connectivity index (χ1n) is 5.65. The minimum Gasteiger partial charge on any atom is -0.316 e. The normalized spacial score (nSPS) is 25.4. The van der Waals surface area contributed by atoms with Gasteiger partial charge in [0.1, 0.15) is 0 Å². The van der Waals surface area contributed by atoms with Crippen molar-refractivity contribution in [2.45, 2.75) is 39.2 Å². The van der Waals surface area contributed by atoms with E-state index in [-0.39, 0.29) is 0 Å². The molecule has 1 rings (SSSR count). The number of rotatable bonds is 5. The van der Waals surface area contributed by atoms with Crippen LogP contribution in [0.15, 0.2) is 0 Å². The molecule has 0 aromatic carbocycles. The lowest BCUT2D eigenvalue weighted by atomic mass is 10.0. The van der Waals surface area contributed by atoms with Crippen molar-refractivity contribution in [3.8, 4) is 0 Å². The summed E-state index contributed by atoms with van der Waals surface area (Å²) in [4.78, 5) is 2.48. The lowest BCUT2D eigenvalue weighted by molar-refractivity contribution is 0.235. The molecule has 2 heteroatoms. The molecule has 0 aromatic rings. The van der Waals surface area contributed by atoms with Crippen LogP contribution < -0.4 is 5.32 Å². The van der Waals surface area contributed by atoms with E-state index < -0.39 is 0 Å². The van der Waals surface area contributed by atoms with Gasteiger partial charge in [-0.3, -0.25) is 0 Å². The summed E-state index contributed by atoms with van der Waals surface area (Å²) in [5.41, 5.74) is 0. The lowest BCUT2D eigenvalue weighted by Gasteiger charge is -2.24. The Morgan fingerprint density at radius 2 is 2.31 bits per heavy atom. The smallest absolute Gasteiger partial charge is 0.00612 e. The molecular formula is C11H24N2. The zero-order chi connectivity index (χ0) is 9.68. The number of nitrogens with one attached hydrogen (secondary N) is 1. The minimum absolute atomic E-state index is 0.745. The highest BCUT2D eigenvalue weighted by Gasteiger charge is 2.15. The van der Waals surface area contributed by atoms with E-state index in [4.69, 9.17) is 0 Å². The molecule has 1 N–H and O–H groups in total. The Labute approximate surface area is 82.7 Å². The summed E-state index contributed by atoms with van der Waals surface area (Å²) in [6.07, 6.45) is 4.02. The summed E-state index contributed by atoms with van der Waals surface area (Å²) in [6.45, 7) is 8.32. The number of hydrogen-bond acceptors (Lipinski definition) is 2. The Kier molecular flexibility index (Phi) is 4.74. The summed E-state index contributed by atoms with van der Waals surface area (Å²) >= 11 is 0. The molecule has 0 aromatic heterocycles. The monoisotopic (exact) mass is 184 g/mol. The van der Waals surface area contributed by atoms with Gasteiger partial charge < -0.3 is 10.2 Å². The van der Waals surface area contributed by atoms with Crippen LogP contribution in [0, 0.1) is 5.92 Å². The van der Waals surface area contributed by atoms with Crippen LogP contribution >= 0.6 is 0 Å². The molecule has 2 atom stereocenters. The molecule has 0 spiro atoms. The fourth-order valence-corrected chi connectivity index (χ4v) is 1.88. The maximum Gasteiger partial charge on any atom is 0.00612 e. The lowest BCUT2D eigenvalue weighted by Crippen LogP contribution is -2.30. The highest BCUT2D eigenvalue weighted by Crippen LogP contribution is 2.13. The Morgan fingerprint density at radius 1 is 1.54 bits per heavy atom. The van der Waals surface area contributed by atoms with Crippen molar-refractivity contribution < 1.29 is 0 Å². The summed E-state index contributed by atoms with van der Waals surface area (Å²) < 4.78 is 0. The fourth-order valence-electron chi connectivity index (χ4n) is 1.88. The van der Waals surface area contributed by atoms with Crippen molar-refractivity contribution in [1.29, 1.82) is 0 Å². The van der Waals surface area contributed by atoms with Crippen LogP contribution in [-0.4, -0.2) is 37.6 Å². The molecule has 1 aliphatic rings. The molecule has 0 amide bonds. The molecule has 2 nitrogen and oxygen atoms in total. The molecule has 0 aliphatic carbocycles. The van der Waals surface area contributed by atoms with Crippen molar-refractivity contribution in [2.24, 2.45) is 5.92 Å². The first-order chi connectivity index (χ1) is 6.24. The second kappa shape index (κ2) is 5.61.